The van der Waals surface area contributed by atoms with E-state index < -0.39 is 0 Å². The molecule has 1 heterocycles. The minimum Gasteiger partial charge on any atom is -0.324 e. The number of hydrogen-bond acceptors (Lipinski definition) is 2. The minimum atomic E-state index is 0.0186. The number of aromatic nitrogens is 2. The van der Waals surface area contributed by atoms with E-state index in [1.165, 1.54) is 11.1 Å². The van der Waals surface area contributed by atoms with Gasteiger partial charge in [0, 0.05) is 6.04 Å². The zero-order valence-corrected chi connectivity index (χ0v) is 11.1. The molecular formula is C14H21N3. The normalized spacial score (nSPS) is 13.5. The lowest BCUT2D eigenvalue weighted by Crippen LogP contribution is -2.17. The van der Waals surface area contributed by atoms with Crippen LogP contribution in [0.4, 0.5) is 0 Å². The fraction of sp³-hybridized carbons (Fsp3) is 0.500. The second-order valence-corrected chi connectivity index (χ2v) is 4.94. The van der Waals surface area contributed by atoms with Crippen LogP contribution in [0.25, 0.3) is 11.0 Å². The number of benzene rings is 1. The number of nitrogens with two attached hydrogens (primary N) is 1. The van der Waals surface area contributed by atoms with Crippen LogP contribution >= 0.6 is 0 Å². The monoisotopic (exact) mass is 231 g/mol. The van der Waals surface area contributed by atoms with Gasteiger partial charge in [0.2, 0.25) is 0 Å². The van der Waals surface area contributed by atoms with Crippen molar-refractivity contribution in [3.63, 3.8) is 0 Å². The summed E-state index contributed by atoms with van der Waals surface area (Å²) in [4.78, 5) is 4.70. The Bertz CT molecular complexity index is 525. The number of rotatable bonds is 3. The van der Waals surface area contributed by atoms with Crippen LogP contribution in [0.1, 0.15) is 50.7 Å². The average molecular weight is 231 g/mol. The van der Waals surface area contributed by atoms with Crippen LogP contribution in [0.15, 0.2) is 18.2 Å². The minimum absolute atomic E-state index is 0.0186. The lowest BCUT2D eigenvalue weighted by molar-refractivity contribution is 0.535. The molecule has 2 aromatic rings. The number of fused-ring (bicyclic) bond motifs is 1. The summed E-state index contributed by atoms with van der Waals surface area (Å²) in [6.45, 7) is 8.53. The second kappa shape index (κ2) is 4.49. The highest BCUT2D eigenvalue weighted by Gasteiger charge is 2.17. The Hall–Kier alpha value is -1.35. The predicted octanol–water partition coefficient (Wildman–Crippen LogP) is 3.34. The Kier molecular flexibility index (Phi) is 3.20. The number of aryl methyl sites for hydroxylation is 1. The van der Waals surface area contributed by atoms with Gasteiger partial charge in [-0.05, 0) is 44.9 Å². The SMILES string of the molecule is CCC(N)c1nc2cc(C)ccc2n1C(C)C. The van der Waals surface area contributed by atoms with Crippen molar-refractivity contribution in [1.29, 1.82) is 0 Å². The highest BCUT2D eigenvalue weighted by molar-refractivity contribution is 5.77. The van der Waals surface area contributed by atoms with Crippen molar-refractivity contribution in [3.05, 3.63) is 29.6 Å². The third kappa shape index (κ3) is 2.07. The Labute approximate surface area is 103 Å². The molecule has 1 atom stereocenters. The van der Waals surface area contributed by atoms with Crippen LogP contribution in [0, 0.1) is 6.92 Å². The van der Waals surface area contributed by atoms with Crippen LogP contribution < -0.4 is 5.73 Å². The first kappa shape index (κ1) is 12.1. The molecular weight excluding hydrogens is 210 g/mol. The quantitative estimate of drug-likeness (QED) is 0.880. The molecule has 0 saturated heterocycles. The number of nitrogens with zero attached hydrogens (tertiary/aromatic N) is 2. The van der Waals surface area contributed by atoms with Gasteiger partial charge in [-0.1, -0.05) is 13.0 Å². The Morgan fingerprint density at radius 3 is 2.65 bits per heavy atom. The van der Waals surface area contributed by atoms with Gasteiger partial charge in [-0.2, -0.15) is 0 Å². The van der Waals surface area contributed by atoms with Crippen LogP contribution in [0.5, 0.6) is 0 Å². The first-order chi connectivity index (χ1) is 8.04. The standard InChI is InChI=1S/C14H21N3/c1-5-11(15)14-16-12-8-10(4)6-7-13(12)17(14)9(2)3/h6-9,11H,5,15H2,1-4H3. The maximum atomic E-state index is 6.15. The van der Waals surface area contributed by atoms with Gasteiger partial charge in [-0.15, -0.1) is 0 Å². The van der Waals surface area contributed by atoms with Crippen LogP contribution in [-0.2, 0) is 0 Å². The fourth-order valence-corrected chi connectivity index (χ4v) is 2.21. The number of hydrogen-bond donors (Lipinski definition) is 1. The lowest BCUT2D eigenvalue weighted by Gasteiger charge is -2.16. The zero-order chi connectivity index (χ0) is 12.6. The molecule has 1 unspecified atom stereocenters. The maximum Gasteiger partial charge on any atom is 0.127 e. The van der Waals surface area contributed by atoms with Crippen LogP contribution in [-0.4, -0.2) is 9.55 Å². The van der Waals surface area contributed by atoms with Crippen molar-refractivity contribution in [2.24, 2.45) is 5.73 Å². The molecule has 1 aromatic heterocycles. The summed E-state index contributed by atoms with van der Waals surface area (Å²) in [6.07, 6.45) is 0.912. The number of imidazole rings is 1. The molecule has 2 rings (SSSR count). The summed E-state index contributed by atoms with van der Waals surface area (Å²) in [6, 6.07) is 6.80. The van der Waals surface area contributed by atoms with E-state index in [9.17, 15) is 0 Å². The van der Waals surface area contributed by atoms with Crippen molar-refractivity contribution in [2.45, 2.75) is 46.2 Å². The molecule has 3 heteroatoms. The first-order valence-corrected chi connectivity index (χ1v) is 6.28. The van der Waals surface area contributed by atoms with Crippen molar-refractivity contribution in [1.82, 2.24) is 9.55 Å². The van der Waals surface area contributed by atoms with E-state index in [4.69, 9.17) is 10.7 Å². The van der Waals surface area contributed by atoms with Gasteiger partial charge in [-0.3, -0.25) is 0 Å². The molecule has 92 valence electrons. The summed E-state index contributed by atoms with van der Waals surface area (Å²) in [5, 5.41) is 0. The summed E-state index contributed by atoms with van der Waals surface area (Å²) < 4.78 is 2.25. The summed E-state index contributed by atoms with van der Waals surface area (Å²) in [7, 11) is 0. The molecule has 0 spiro atoms. The highest BCUT2D eigenvalue weighted by Crippen LogP contribution is 2.25. The molecule has 0 amide bonds. The fourth-order valence-electron chi connectivity index (χ4n) is 2.21. The van der Waals surface area contributed by atoms with Gasteiger partial charge in [0.1, 0.15) is 5.82 Å². The van der Waals surface area contributed by atoms with Crippen molar-refractivity contribution in [2.75, 3.05) is 0 Å². The third-order valence-electron chi connectivity index (χ3n) is 3.16. The van der Waals surface area contributed by atoms with Crippen molar-refractivity contribution in [3.8, 4) is 0 Å². The Balaban J connectivity index is 2.70. The molecule has 0 bridgehead atoms. The van der Waals surface area contributed by atoms with E-state index in [2.05, 4.69) is 50.5 Å². The third-order valence-corrected chi connectivity index (χ3v) is 3.16. The Morgan fingerprint density at radius 2 is 2.06 bits per heavy atom. The second-order valence-electron chi connectivity index (χ2n) is 4.94. The van der Waals surface area contributed by atoms with Crippen molar-refractivity contribution >= 4 is 11.0 Å². The molecule has 3 nitrogen and oxygen atoms in total. The van der Waals surface area contributed by atoms with E-state index in [0.29, 0.717) is 6.04 Å². The smallest absolute Gasteiger partial charge is 0.127 e. The highest BCUT2D eigenvalue weighted by atomic mass is 15.1. The maximum absolute atomic E-state index is 6.15. The van der Waals surface area contributed by atoms with E-state index in [0.717, 1.165) is 17.8 Å². The largest absolute Gasteiger partial charge is 0.324 e. The van der Waals surface area contributed by atoms with E-state index >= 15 is 0 Å². The molecule has 0 aliphatic carbocycles. The lowest BCUT2D eigenvalue weighted by atomic mass is 10.2. The molecule has 1 aromatic carbocycles. The van der Waals surface area contributed by atoms with Gasteiger partial charge in [-0.25, -0.2) is 4.98 Å². The molecule has 17 heavy (non-hydrogen) atoms. The van der Waals surface area contributed by atoms with Crippen LogP contribution in [0.3, 0.4) is 0 Å². The molecule has 2 N–H and O–H groups in total. The molecule has 0 radical (unpaired) electrons. The zero-order valence-electron chi connectivity index (χ0n) is 11.1. The average Bonchev–Trinajstić information content (AvgIpc) is 2.66. The van der Waals surface area contributed by atoms with E-state index in [-0.39, 0.29) is 6.04 Å². The summed E-state index contributed by atoms with van der Waals surface area (Å²) in [5.74, 6) is 1.00. The van der Waals surface area contributed by atoms with Gasteiger partial charge in [0.25, 0.3) is 0 Å². The topological polar surface area (TPSA) is 43.8 Å². The summed E-state index contributed by atoms with van der Waals surface area (Å²) >= 11 is 0. The van der Waals surface area contributed by atoms with Gasteiger partial charge in [0.15, 0.2) is 0 Å². The predicted molar refractivity (Wildman–Crippen MR) is 72.1 cm³/mol. The van der Waals surface area contributed by atoms with E-state index in [1.54, 1.807) is 0 Å². The molecule has 0 fully saturated rings. The van der Waals surface area contributed by atoms with Crippen molar-refractivity contribution < 1.29 is 0 Å². The van der Waals surface area contributed by atoms with Gasteiger partial charge in [0.05, 0.1) is 17.1 Å². The van der Waals surface area contributed by atoms with Gasteiger partial charge >= 0.3 is 0 Å². The van der Waals surface area contributed by atoms with Crippen LogP contribution in [0.2, 0.25) is 0 Å². The molecule has 0 aliphatic heterocycles. The first-order valence-electron chi connectivity index (χ1n) is 6.28. The van der Waals surface area contributed by atoms with E-state index in [1.807, 2.05) is 0 Å². The summed E-state index contributed by atoms with van der Waals surface area (Å²) in [5.41, 5.74) is 9.63. The molecule has 0 aliphatic rings. The Morgan fingerprint density at radius 1 is 1.35 bits per heavy atom. The molecule has 0 saturated carbocycles. The van der Waals surface area contributed by atoms with Gasteiger partial charge < -0.3 is 10.3 Å².